The zero-order valence-electron chi connectivity index (χ0n) is 15.3. The molecule has 1 saturated heterocycles. The minimum atomic E-state index is 0.403. The molecule has 0 aromatic carbocycles. The van der Waals surface area contributed by atoms with Crippen molar-refractivity contribution in [3.8, 4) is 0 Å². The molecule has 1 spiro atoms. The first-order chi connectivity index (χ1) is 9.76. The Labute approximate surface area is 133 Å². The highest BCUT2D eigenvalue weighted by atomic mass is 15.3. The minimum absolute atomic E-state index is 0.403. The van der Waals surface area contributed by atoms with Crippen LogP contribution in [0.4, 0.5) is 0 Å². The topological polar surface area (TPSA) is 15.3 Å². The van der Waals surface area contributed by atoms with Gasteiger partial charge in [0.15, 0.2) is 0 Å². The van der Waals surface area contributed by atoms with Crippen molar-refractivity contribution in [2.24, 2.45) is 17.3 Å². The summed E-state index contributed by atoms with van der Waals surface area (Å²) in [6.45, 7) is 18.1. The van der Waals surface area contributed by atoms with Gasteiger partial charge in [-0.15, -0.1) is 0 Å². The Morgan fingerprint density at radius 1 is 1.10 bits per heavy atom. The standard InChI is InChI=1S/C19H38N2/c1-15(2)17-12-20-19(10-8-7-9-11-19)14-21(17)13-18(5,6)16(3)4/h15-17,20H,7-14H2,1-6H3. The van der Waals surface area contributed by atoms with Crippen molar-refractivity contribution >= 4 is 0 Å². The Morgan fingerprint density at radius 2 is 1.71 bits per heavy atom. The van der Waals surface area contributed by atoms with Crippen LogP contribution in [0.1, 0.15) is 73.6 Å². The van der Waals surface area contributed by atoms with Crippen molar-refractivity contribution in [1.29, 1.82) is 0 Å². The van der Waals surface area contributed by atoms with Gasteiger partial charge in [0, 0.05) is 31.2 Å². The van der Waals surface area contributed by atoms with Gasteiger partial charge in [0.25, 0.3) is 0 Å². The molecular weight excluding hydrogens is 256 g/mol. The van der Waals surface area contributed by atoms with Gasteiger partial charge in [-0.2, -0.15) is 0 Å². The molecule has 2 nitrogen and oxygen atoms in total. The van der Waals surface area contributed by atoms with Crippen molar-refractivity contribution in [2.45, 2.75) is 85.2 Å². The Morgan fingerprint density at radius 3 is 2.24 bits per heavy atom. The third kappa shape index (κ3) is 4.01. The van der Waals surface area contributed by atoms with Crippen LogP contribution in [-0.4, -0.2) is 36.1 Å². The molecule has 0 amide bonds. The summed E-state index contributed by atoms with van der Waals surface area (Å²) < 4.78 is 0. The summed E-state index contributed by atoms with van der Waals surface area (Å²) in [7, 11) is 0. The number of nitrogens with zero attached hydrogens (tertiary/aromatic N) is 1. The molecule has 1 aliphatic carbocycles. The third-order valence-electron chi connectivity index (χ3n) is 6.41. The predicted molar refractivity (Wildman–Crippen MR) is 92.6 cm³/mol. The molecule has 1 heterocycles. The fourth-order valence-electron chi connectivity index (χ4n) is 4.11. The fraction of sp³-hybridized carbons (Fsp3) is 1.00. The molecule has 1 saturated carbocycles. The van der Waals surface area contributed by atoms with Gasteiger partial charge in [0.1, 0.15) is 0 Å². The van der Waals surface area contributed by atoms with E-state index in [0.717, 1.165) is 11.8 Å². The van der Waals surface area contributed by atoms with Gasteiger partial charge < -0.3 is 5.32 Å². The van der Waals surface area contributed by atoms with E-state index in [1.165, 1.54) is 51.7 Å². The summed E-state index contributed by atoms with van der Waals surface area (Å²) >= 11 is 0. The zero-order chi connectivity index (χ0) is 15.7. The average molecular weight is 295 g/mol. The lowest BCUT2D eigenvalue weighted by Gasteiger charge is -2.53. The van der Waals surface area contributed by atoms with Crippen LogP contribution in [0.25, 0.3) is 0 Å². The quantitative estimate of drug-likeness (QED) is 0.831. The van der Waals surface area contributed by atoms with E-state index in [1.807, 2.05) is 0 Å². The monoisotopic (exact) mass is 294 g/mol. The third-order valence-corrected chi connectivity index (χ3v) is 6.41. The van der Waals surface area contributed by atoms with Gasteiger partial charge in [0.05, 0.1) is 0 Å². The van der Waals surface area contributed by atoms with Gasteiger partial charge in [-0.05, 0) is 30.1 Å². The molecule has 1 N–H and O–H groups in total. The second-order valence-electron chi connectivity index (χ2n) is 9.08. The van der Waals surface area contributed by atoms with Crippen LogP contribution < -0.4 is 5.32 Å². The van der Waals surface area contributed by atoms with Crippen LogP contribution in [-0.2, 0) is 0 Å². The molecule has 2 rings (SSSR count). The lowest BCUT2D eigenvalue weighted by molar-refractivity contribution is 0.00309. The maximum absolute atomic E-state index is 3.97. The van der Waals surface area contributed by atoms with Crippen molar-refractivity contribution < 1.29 is 0 Å². The Kier molecular flexibility index (Phi) is 5.41. The first-order valence-electron chi connectivity index (χ1n) is 9.25. The SMILES string of the molecule is CC(C)C1CNC2(CCCCC2)CN1CC(C)(C)C(C)C. The summed E-state index contributed by atoms with van der Waals surface area (Å²) in [5.41, 5.74) is 0.830. The maximum Gasteiger partial charge on any atom is 0.0309 e. The van der Waals surface area contributed by atoms with Crippen molar-refractivity contribution in [3.63, 3.8) is 0 Å². The number of nitrogens with one attached hydrogen (secondary N) is 1. The molecule has 124 valence electrons. The number of piperazine rings is 1. The highest BCUT2D eigenvalue weighted by Crippen LogP contribution is 2.36. The van der Waals surface area contributed by atoms with Crippen LogP contribution in [0.15, 0.2) is 0 Å². The zero-order valence-corrected chi connectivity index (χ0v) is 15.3. The van der Waals surface area contributed by atoms with Gasteiger partial charge in [-0.3, -0.25) is 4.90 Å². The highest BCUT2D eigenvalue weighted by Gasteiger charge is 2.42. The smallest absolute Gasteiger partial charge is 0.0309 e. The highest BCUT2D eigenvalue weighted by molar-refractivity contribution is 5.01. The Balaban J connectivity index is 2.11. The lowest BCUT2D eigenvalue weighted by Crippen LogP contribution is -2.67. The van der Waals surface area contributed by atoms with E-state index in [-0.39, 0.29) is 0 Å². The molecule has 0 radical (unpaired) electrons. The van der Waals surface area contributed by atoms with E-state index < -0.39 is 0 Å². The number of hydrogen-bond acceptors (Lipinski definition) is 2. The molecule has 0 bridgehead atoms. The van der Waals surface area contributed by atoms with Gasteiger partial charge >= 0.3 is 0 Å². The molecule has 1 aliphatic heterocycles. The van der Waals surface area contributed by atoms with Crippen LogP contribution in [0, 0.1) is 17.3 Å². The first kappa shape index (κ1) is 17.3. The van der Waals surface area contributed by atoms with Gasteiger partial charge in [-0.1, -0.05) is 60.8 Å². The molecule has 0 aromatic rings. The van der Waals surface area contributed by atoms with E-state index in [9.17, 15) is 0 Å². The van der Waals surface area contributed by atoms with Gasteiger partial charge in [0.2, 0.25) is 0 Å². The lowest BCUT2D eigenvalue weighted by atomic mass is 9.76. The van der Waals surface area contributed by atoms with Gasteiger partial charge in [-0.25, -0.2) is 0 Å². The van der Waals surface area contributed by atoms with Crippen molar-refractivity contribution in [2.75, 3.05) is 19.6 Å². The average Bonchev–Trinajstić information content (AvgIpc) is 2.38. The molecule has 1 atom stereocenters. The summed E-state index contributed by atoms with van der Waals surface area (Å²) in [6.07, 6.45) is 7.04. The molecule has 1 unspecified atom stereocenters. The second-order valence-corrected chi connectivity index (χ2v) is 9.08. The van der Waals surface area contributed by atoms with E-state index in [1.54, 1.807) is 0 Å². The number of rotatable bonds is 4. The normalized spacial score (nSPS) is 27.7. The van der Waals surface area contributed by atoms with Crippen LogP contribution >= 0.6 is 0 Å². The van der Waals surface area contributed by atoms with E-state index in [4.69, 9.17) is 0 Å². The summed E-state index contributed by atoms with van der Waals surface area (Å²) in [6, 6.07) is 0.704. The van der Waals surface area contributed by atoms with E-state index in [0.29, 0.717) is 17.0 Å². The summed E-state index contributed by atoms with van der Waals surface area (Å²) in [5.74, 6) is 1.48. The molecule has 0 aromatic heterocycles. The molecular formula is C19H38N2. The summed E-state index contributed by atoms with van der Waals surface area (Å²) in [5, 5.41) is 3.97. The molecule has 2 heteroatoms. The Hall–Kier alpha value is -0.0800. The van der Waals surface area contributed by atoms with Crippen LogP contribution in [0.3, 0.4) is 0 Å². The fourth-order valence-corrected chi connectivity index (χ4v) is 4.11. The maximum atomic E-state index is 3.97. The first-order valence-corrected chi connectivity index (χ1v) is 9.25. The van der Waals surface area contributed by atoms with Crippen LogP contribution in [0.2, 0.25) is 0 Å². The number of hydrogen-bond donors (Lipinski definition) is 1. The molecule has 2 fully saturated rings. The molecule has 2 aliphatic rings. The summed E-state index contributed by atoms with van der Waals surface area (Å²) in [4.78, 5) is 2.84. The Bertz CT molecular complexity index is 326. The van der Waals surface area contributed by atoms with E-state index >= 15 is 0 Å². The largest absolute Gasteiger partial charge is 0.308 e. The minimum Gasteiger partial charge on any atom is -0.308 e. The van der Waals surface area contributed by atoms with Crippen molar-refractivity contribution in [1.82, 2.24) is 10.2 Å². The van der Waals surface area contributed by atoms with Crippen LogP contribution in [0.5, 0.6) is 0 Å². The molecule has 21 heavy (non-hydrogen) atoms. The van der Waals surface area contributed by atoms with Crippen molar-refractivity contribution in [3.05, 3.63) is 0 Å². The van der Waals surface area contributed by atoms with E-state index in [2.05, 4.69) is 51.8 Å². The second kappa shape index (κ2) is 6.58. The predicted octanol–water partition coefficient (Wildman–Crippen LogP) is 4.30.